The minimum absolute atomic E-state index is 0.0669. The monoisotopic (exact) mass is 291 g/mol. The minimum atomic E-state index is -0.381. The molecule has 0 aliphatic carbocycles. The molecule has 5 nitrogen and oxygen atoms in total. The normalized spacial score (nSPS) is 10.2. The van der Waals surface area contributed by atoms with Gasteiger partial charge in [0, 0.05) is 12.1 Å². The lowest BCUT2D eigenvalue weighted by Crippen LogP contribution is -2.23. The van der Waals surface area contributed by atoms with E-state index < -0.39 is 0 Å². The number of allylic oxidation sites excluding steroid dienone is 1. The maximum absolute atomic E-state index is 11.9. The quantitative estimate of drug-likeness (QED) is 0.830. The molecule has 0 bridgehead atoms. The van der Waals surface area contributed by atoms with E-state index in [0.717, 1.165) is 0 Å². The average molecular weight is 292 g/mol. The Labute approximate surface area is 121 Å². The van der Waals surface area contributed by atoms with E-state index in [2.05, 4.69) is 17.0 Å². The van der Waals surface area contributed by atoms with Gasteiger partial charge in [-0.2, -0.15) is 5.10 Å². The molecule has 1 aromatic heterocycles. The van der Waals surface area contributed by atoms with Gasteiger partial charge in [0.15, 0.2) is 0 Å². The van der Waals surface area contributed by atoms with Crippen molar-refractivity contribution in [3.8, 4) is 5.75 Å². The van der Waals surface area contributed by atoms with Gasteiger partial charge in [0.05, 0.1) is 18.4 Å². The topological polar surface area (TPSA) is 67.2 Å². The highest BCUT2D eigenvalue weighted by Gasteiger charge is 2.09. The summed E-state index contributed by atoms with van der Waals surface area (Å²) in [5.74, 6) is 0.184. The molecule has 104 valence electrons. The first-order valence-corrected chi connectivity index (χ1v) is 6.38. The fraction of sp³-hybridized carbons (Fsp3) is 0.143. The number of halogens is 1. The van der Waals surface area contributed by atoms with Crippen LogP contribution in [0.4, 0.5) is 5.69 Å². The number of para-hydroxylation sites is 1. The highest BCUT2D eigenvalue weighted by molar-refractivity contribution is 6.32. The lowest BCUT2D eigenvalue weighted by atomic mass is 10.2. The van der Waals surface area contributed by atoms with Gasteiger partial charge in [-0.25, -0.2) is 4.68 Å². The highest BCUT2D eigenvalue weighted by atomic mass is 35.5. The zero-order valence-corrected chi connectivity index (χ0v) is 11.5. The van der Waals surface area contributed by atoms with Crippen LogP contribution in [0.5, 0.6) is 5.75 Å². The van der Waals surface area contributed by atoms with Crippen LogP contribution in [-0.2, 0) is 13.1 Å². The fourth-order valence-corrected chi connectivity index (χ4v) is 1.90. The third-order valence-electron chi connectivity index (χ3n) is 2.75. The number of rotatable bonds is 5. The van der Waals surface area contributed by atoms with E-state index in [1.165, 1.54) is 10.9 Å². The Kier molecular flexibility index (Phi) is 4.42. The van der Waals surface area contributed by atoms with Crippen LogP contribution in [0.25, 0.3) is 0 Å². The lowest BCUT2D eigenvalue weighted by molar-refractivity contribution is 0.469. The Bertz CT molecular complexity index is 682. The molecular weight excluding hydrogens is 278 g/mol. The number of phenolic OH excluding ortho intramolecular Hbond substituents is 1. The molecule has 0 radical (unpaired) electrons. The summed E-state index contributed by atoms with van der Waals surface area (Å²) in [5, 5.41) is 16.7. The number of nitrogens with one attached hydrogen (secondary N) is 1. The predicted molar refractivity (Wildman–Crippen MR) is 79.1 cm³/mol. The van der Waals surface area contributed by atoms with E-state index in [1.807, 2.05) is 6.07 Å². The molecule has 2 aromatic rings. The molecule has 0 fully saturated rings. The Morgan fingerprint density at radius 1 is 1.45 bits per heavy atom. The van der Waals surface area contributed by atoms with Crippen LogP contribution in [0.2, 0.25) is 5.02 Å². The maximum Gasteiger partial charge on any atom is 0.287 e. The molecule has 0 aliphatic rings. The van der Waals surface area contributed by atoms with Crippen molar-refractivity contribution in [3.63, 3.8) is 0 Å². The lowest BCUT2D eigenvalue weighted by Gasteiger charge is -2.10. The Balaban J connectivity index is 2.19. The average Bonchev–Trinajstić information content (AvgIpc) is 2.45. The summed E-state index contributed by atoms with van der Waals surface area (Å²) in [7, 11) is 0. The van der Waals surface area contributed by atoms with E-state index in [0.29, 0.717) is 24.3 Å². The van der Waals surface area contributed by atoms with Crippen LogP contribution in [0.15, 0.2) is 47.9 Å². The highest BCUT2D eigenvalue weighted by Crippen LogP contribution is 2.20. The zero-order chi connectivity index (χ0) is 14.5. The van der Waals surface area contributed by atoms with E-state index >= 15 is 0 Å². The van der Waals surface area contributed by atoms with Gasteiger partial charge in [-0.3, -0.25) is 4.79 Å². The van der Waals surface area contributed by atoms with Gasteiger partial charge in [0.25, 0.3) is 5.56 Å². The first kappa shape index (κ1) is 14.1. The number of aromatic hydroxyl groups is 1. The molecular formula is C14H14ClN3O2. The van der Waals surface area contributed by atoms with Crippen LogP contribution < -0.4 is 10.9 Å². The summed E-state index contributed by atoms with van der Waals surface area (Å²) >= 11 is 6.01. The second-order valence-corrected chi connectivity index (χ2v) is 4.51. The third kappa shape index (κ3) is 3.00. The molecule has 20 heavy (non-hydrogen) atoms. The van der Waals surface area contributed by atoms with Crippen molar-refractivity contribution in [1.29, 1.82) is 0 Å². The standard InChI is InChI=1S/C14H14ClN3O2/c1-2-7-18-14(20)13(15)11(9-17-18)16-8-10-5-3-4-6-12(10)19/h2-6,9,16,19H,1,7-8H2. The number of aromatic nitrogens is 2. The van der Waals surface area contributed by atoms with E-state index in [-0.39, 0.29) is 16.3 Å². The molecule has 0 saturated carbocycles. The number of phenols is 1. The number of anilines is 1. The number of nitrogens with zero attached hydrogens (tertiary/aromatic N) is 2. The second-order valence-electron chi connectivity index (χ2n) is 4.13. The molecule has 2 N–H and O–H groups in total. The first-order valence-electron chi connectivity index (χ1n) is 6.00. The second kappa shape index (κ2) is 6.25. The number of hydrogen-bond donors (Lipinski definition) is 2. The van der Waals surface area contributed by atoms with Gasteiger partial charge in [-0.05, 0) is 6.07 Å². The van der Waals surface area contributed by atoms with Crippen LogP contribution >= 0.6 is 11.6 Å². The summed E-state index contributed by atoms with van der Waals surface area (Å²) in [4.78, 5) is 11.9. The van der Waals surface area contributed by atoms with Crippen LogP contribution in [0.3, 0.4) is 0 Å². The first-order chi connectivity index (χ1) is 9.63. The van der Waals surface area contributed by atoms with Crippen LogP contribution in [-0.4, -0.2) is 14.9 Å². The summed E-state index contributed by atoms with van der Waals surface area (Å²) in [6, 6.07) is 6.93. The van der Waals surface area contributed by atoms with Crippen molar-refractivity contribution < 1.29 is 5.11 Å². The van der Waals surface area contributed by atoms with Crippen LogP contribution in [0, 0.1) is 0 Å². The molecule has 0 atom stereocenters. The van der Waals surface area contributed by atoms with Crippen molar-refractivity contribution in [1.82, 2.24) is 9.78 Å². The Hall–Kier alpha value is -2.27. The van der Waals surface area contributed by atoms with Gasteiger partial charge < -0.3 is 10.4 Å². The molecule has 0 aliphatic heterocycles. The molecule has 0 amide bonds. The predicted octanol–water partition coefficient (Wildman–Crippen LogP) is 2.40. The van der Waals surface area contributed by atoms with E-state index in [9.17, 15) is 9.90 Å². The largest absolute Gasteiger partial charge is 0.508 e. The molecule has 0 spiro atoms. The van der Waals surface area contributed by atoms with E-state index in [4.69, 9.17) is 11.6 Å². The summed E-state index contributed by atoms with van der Waals surface area (Å²) < 4.78 is 1.22. The Morgan fingerprint density at radius 2 is 2.20 bits per heavy atom. The van der Waals surface area contributed by atoms with Gasteiger partial charge >= 0.3 is 0 Å². The van der Waals surface area contributed by atoms with Crippen molar-refractivity contribution in [3.05, 3.63) is 64.1 Å². The number of benzene rings is 1. The van der Waals surface area contributed by atoms with Gasteiger partial charge in [0.2, 0.25) is 0 Å². The van der Waals surface area contributed by atoms with Crippen molar-refractivity contribution >= 4 is 17.3 Å². The fourth-order valence-electron chi connectivity index (χ4n) is 1.69. The van der Waals surface area contributed by atoms with Gasteiger partial charge in [0.1, 0.15) is 10.8 Å². The SMILES string of the molecule is C=CCn1ncc(NCc2ccccc2O)c(Cl)c1=O. The zero-order valence-electron chi connectivity index (χ0n) is 10.7. The minimum Gasteiger partial charge on any atom is -0.508 e. The Morgan fingerprint density at radius 3 is 2.90 bits per heavy atom. The van der Waals surface area contributed by atoms with Crippen molar-refractivity contribution in [2.45, 2.75) is 13.1 Å². The summed E-state index contributed by atoms with van der Waals surface area (Å²) in [5.41, 5.74) is 0.757. The summed E-state index contributed by atoms with van der Waals surface area (Å²) in [6.45, 7) is 4.20. The summed E-state index contributed by atoms with van der Waals surface area (Å²) in [6.07, 6.45) is 3.05. The number of hydrogen-bond acceptors (Lipinski definition) is 4. The van der Waals surface area contributed by atoms with Crippen LogP contribution in [0.1, 0.15) is 5.56 Å². The maximum atomic E-state index is 11.9. The molecule has 6 heteroatoms. The third-order valence-corrected chi connectivity index (χ3v) is 3.11. The molecule has 0 saturated heterocycles. The molecule has 1 heterocycles. The van der Waals surface area contributed by atoms with Crippen molar-refractivity contribution in [2.24, 2.45) is 0 Å². The molecule has 2 rings (SSSR count). The smallest absolute Gasteiger partial charge is 0.287 e. The van der Waals surface area contributed by atoms with E-state index in [1.54, 1.807) is 24.3 Å². The van der Waals surface area contributed by atoms with Gasteiger partial charge in [-0.15, -0.1) is 6.58 Å². The molecule has 1 aromatic carbocycles. The molecule has 0 unspecified atom stereocenters. The van der Waals surface area contributed by atoms with Gasteiger partial charge in [-0.1, -0.05) is 35.9 Å². The van der Waals surface area contributed by atoms with Crippen molar-refractivity contribution in [2.75, 3.05) is 5.32 Å².